The Labute approximate surface area is 98.5 Å². The first kappa shape index (κ1) is 11.0. The summed E-state index contributed by atoms with van der Waals surface area (Å²) in [5.74, 6) is -0.220. The van der Waals surface area contributed by atoms with Crippen LogP contribution in [-0.2, 0) is 0 Å². The van der Waals surface area contributed by atoms with E-state index in [0.717, 1.165) is 21.0 Å². The Morgan fingerprint density at radius 1 is 1.06 bits per heavy atom. The molecular weight excluding hydrogens is 221 g/mol. The van der Waals surface area contributed by atoms with Crippen LogP contribution >= 0.6 is 11.8 Å². The van der Waals surface area contributed by atoms with Gasteiger partial charge in [0.15, 0.2) is 0 Å². The van der Waals surface area contributed by atoms with E-state index in [1.54, 1.807) is 23.9 Å². The molecule has 0 unspecified atom stereocenters. The summed E-state index contributed by atoms with van der Waals surface area (Å²) in [6.07, 6.45) is 0. The van der Waals surface area contributed by atoms with Gasteiger partial charge < -0.3 is 5.73 Å². The summed E-state index contributed by atoms with van der Waals surface area (Å²) in [6.45, 7) is 2.02. The van der Waals surface area contributed by atoms with Crippen molar-refractivity contribution in [3.8, 4) is 0 Å². The quantitative estimate of drug-likeness (QED) is 0.797. The maximum atomic E-state index is 12.8. The average molecular weight is 233 g/mol. The van der Waals surface area contributed by atoms with Crippen LogP contribution in [-0.4, -0.2) is 0 Å². The van der Waals surface area contributed by atoms with Crippen molar-refractivity contribution in [2.45, 2.75) is 16.7 Å². The number of rotatable bonds is 2. The van der Waals surface area contributed by atoms with Crippen molar-refractivity contribution in [2.75, 3.05) is 5.73 Å². The van der Waals surface area contributed by atoms with Gasteiger partial charge in [0, 0.05) is 15.5 Å². The van der Waals surface area contributed by atoms with E-state index in [4.69, 9.17) is 5.73 Å². The molecule has 2 aromatic carbocycles. The van der Waals surface area contributed by atoms with Crippen LogP contribution in [0.1, 0.15) is 5.56 Å². The maximum Gasteiger partial charge on any atom is 0.123 e. The van der Waals surface area contributed by atoms with Crippen molar-refractivity contribution >= 4 is 17.4 Å². The molecule has 0 aliphatic rings. The molecule has 16 heavy (non-hydrogen) atoms. The average Bonchev–Trinajstić information content (AvgIpc) is 2.26. The van der Waals surface area contributed by atoms with Gasteiger partial charge in [0.05, 0.1) is 0 Å². The van der Waals surface area contributed by atoms with Gasteiger partial charge in [0.1, 0.15) is 5.82 Å². The van der Waals surface area contributed by atoms with Gasteiger partial charge in [-0.1, -0.05) is 23.9 Å². The minimum absolute atomic E-state index is 0.220. The van der Waals surface area contributed by atoms with Crippen LogP contribution in [0, 0.1) is 12.7 Å². The van der Waals surface area contributed by atoms with Crippen molar-refractivity contribution in [2.24, 2.45) is 0 Å². The standard InChI is InChI=1S/C13H12FNS/c1-9-3-2-4-12(15)13(9)16-11-7-5-10(14)6-8-11/h2-8H,15H2,1H3. The van der Waals surface area contributed by atoms with E-state index >= 15 is 0 Å². The number of hydrogen-bond acceptors (Lipinski definition) is 2. The third-order valence-corrected chi connectivity index (χ3v) is 3.55. The Morgan fingerprint density at radius 2 is 1.75 bits per heavy atom. The Bertz CT molecular complexity index is 474. The second-order valence-electron chi connectivity index (χ2n) is 3.55. The van der Waals surface area contributed by atoms with Crippen LogP contribution in [0.2, 0.25) is 0 Å². The topological polar surface area (TPSA) is 26.0 Å². The molecular formula is C13H12FNS. The van der Waals surface area contributed by atoms with Gasteiger partial charge in [-0.05, 0) is 42.8 Å². The lowest BCUT2D eigenvalue weighted by atomic mass is 10.2. The largest absolute Gasteiger partial charge is 0.398 e. The second kappa shape index (κ2) is 4.58. The fraction of sp³-hybridized carbons (Fsp3) is 0.0769. The maximum absolute atomic E-state index is 12.8. The normalized spacial score (nSPS) is 10.4. The Hall–Kier alpha value is -1.48. The van der Waals surface area contributed by atoms with Gasteiger partial charge in [0.2, 0.25) is 0 Å². The van der Waals surface area contributed by atoms with Gasteiger partial charge in [-0.2, -0.15) is 0 Å². The van der Waals surface area contributed by atoms with Crippen molar-refractivity contribution in [3.63, 3.8) is 0 Å². The van der Waals surface area contributed by atoms with Gasteiger partial charge in [-0.25, -0.2) is 4.39 Å². The van der Waals surface area contributed by atoms with E-state index in [-0.39, 0.29) is 5.82 Å². The van der Waals surface area contributed by atoms with E-state index in [2.05, 4.69) is 0 Å². The molecule has 2 N–H and O–H groups in total. The van der Waals surface area contributed by atoms with Gasteiger partial charge in [-0.3, -0.25) is 0 Å². The fourth-order valence-corrected chi connectivity index (χ4v) is 2.36. The van der Waals surface area contributed by atoms with Crippen LogP contribution in [0.15, 0.2) is 52.3 Å². The highest BCUT2D eigenvalue weighted by Crippen LogP contribution is 2.34. The zero-order valence-electron chi connectivity index (χ0n) is 8.91. The van der Waals surface area contributed by atoms with Gasteiger partial charge in [0.25, 0.3) is 0 Å². The third-order valence-electron chi connectivity index (χ3n) is 2.28. The molecule has 0 saturated carbocycles. The molecule has 2 aromatic rings. The van der Waals surface area contributed by atoms with E-state index in [9.17, 15) is 4.39 Å². The molecule has 0 atom stereocenters. The molecule has 0 fully saturated rings. The van der Waals surface area contributed by atoms with E-state index in [1.165, 1.54) is 12.1 Å². The monoisotopic (exact) mass is 233 g/mol. The molecule has 3 heteroatoms. The molecule has 0 amide bonds. The Kier molecular flexibility index (Phi) is 3.15. The van der Waals surface area contributed by atoms with Gasteiger partial charge in [-0.15, -0.1) is 0 Å². The molecule has 1 nitrogen and oxygen atoms in total. The summed E-state index contributed by atoms with van der Waals surface area (Å²) < 4.78 is 12.8. The van der Waals surface area contributed by atoms with Crippen LogP contribution < -0.4 is 5.73 Å². The third kappa shape index (κ3) is 2.36. The van der Waals surface area contributed by atoms with Crippen molar-refractivity contribution in [1.82, 2.24) is 0 Å². The second-order valence-corrected chi connectivity index (χ2v) is 4.63. The summed E-state index contributed by atoms with van der Waals surface area (Å²) in [4.78, 5) is 2.02. The lowest BCUT2D eigenvalue weighted by Crippen LogP contribution is -1.90. The number of anilines is 1. The van der Waals surface area contributed by atoms with Crippen LogP contribution in [0.3, 0.4) is 0 Å². The minimum Gasteiger partial charge on any atom is -0.398 e. The predicted octanol–water partition coefficient (Wildman–Crippen LogP) is 3.87. The first-order chi connectivity index (χ1) is 7.66. The molecule has 0 aliphatic carbocycles. The highest BCUT2D eigenvalue weighted by molar-refractivity contribution is 7.99. The lowest BCUT2D eigenvalue weighted by Gasteiger charge is -2.08. The Balaban J connectivity index is 2.30. The molecule has 0 saturated heterocycles. The SMILES string of the molecule is Cc1cccc(N)c1Sc1ccc(F)cc1. The summed E-state index contributed by atoms with van der Waals surface area (Å²) in [5, 5.41) is 0. The van der Waals surface area contributed by atoms with Crippen LogP contribution in [0.5, 0.6) is 0 Å². The van der Waals surface area contributed by atoms with Crippen molar-refractivity contribution in [3.05, 3.63) is 53.8 Å². The lowest BCUT2D eigenvalue weighted by molar-refractivity contribution is 0.626. The molecule has 0 spiro atoms. The molecule has 0 radical (unpaired) electrons. The zero-order chi connectivity index (χ0) is 11.5. The van der Waals surface area contributed by atoms with E-state index in [0.29, 0.717) is 0 Å². The summed E-state index contributed by atoms with van der Waals surface area (Å²) in [7, 11) is 0. The van der Waals surface area contributed by atoms with Gasteiger partial charge >= 0.3 is 0 Å². The predicted molar refractivity (Wildman–Crippen MR) is 66.1 cm³/mol. The highest BCUT2D eigenvalue weighted by Gasteiger charge is 2.04. The van der Waals surface area contributed by atoms with E-state index < -0.39 is 0 Å². The summed E-state index contributed by atoms with van der Waals surface area (Å²) in [6, 6.07) is 12.2. The molecule has 0 aliphatic heterocycles. The zero-order valence-corrected chi connectivity index (χ0v) is 9.72. The Morgan fingerprint density at radius 3 is 2.38 bits per heavy atom. The highest BCUT2D eigenvalue weighted by atomic mass is 32.2. The minimum atomic E-state index is -0.220. The molecule has 0 heterocycles. The van der Waals surface area contributed by atoms with Crippen molar-refractivity contribution < 1.29 is 4.39 Å². The molecule has 82 valence electrons. The smallest absolute Gasteiger partial charge is 0.123 e. The van der Waals surface area contributed by atoms with Crippen LogP contribution in [0.4, 0.5) is 10.1 Å². The number of benzene rings is 2. The van der Waals surface area contributed by atoms with E-state index in [1.807, 2.05) is 25.1 Å². The number of nitrogens with two attached hydrogens (primary N) is 1. The molecule has 0 aromatic heterocycles. The number of aryl methyl sites for hydroxylation is 1. The first-order valence-corrected chi connectivity index (χ1v) is 5.77. The first-order valence-electron chi connectivity index (χ1n) is 4.95. The fourth-order valence-electron chi connectivity index (χ4n) is 1.44. The summed E-state index contributed by atoms with van der Waals surface area (Å²) >= 11 is 1.56. The summed E-state index contributed by atoms with van der Waals surface area (Å²) in [5.41, 5.74) is 7.80. The number of nitrogen functional groups attached to an aromatic ring is 1. The van der Waals surface area contributed by atoms with Crippen molar-refractivity contribution in [1.29, 1.82) is 0 Å². The number of hydrogen-bond donors (Lipinski definition) is 1. The van der Waals surface area contributed by atoms with Crippen LogP contribution in [0.25, 0.3) is 0 Å². The molecule has 0 bridgehead atoms. The number of halogens is 1. The molecule has 2 rings (SSSR count).